The highest BCUT2D eigenvalue weighted by molar-refractivity contribution is 6.28. The van der Waals surface area contributed by atoms with E-state index < -0.39 is 11.9 Å². The van der Waals surface area contributed by atoms with Gasteiger partial charge in [0.05, 0.1) is 0 Å². The monoisotopic (exact) mass is 408 g/mol. The smallest absolute Gasteiger partial charge is 0.350 e. The number of nitrogens with zero attached hydrogens (tertiary/aromatic N) is 5. The minimum Gasteiger partial charge on any atom is -0.350 e. The average Bonchev–Trinajstić information content (AvgIpc) is 3.05. The molecule has 1 atom stereocenters. The van der Waals surface area contributed by atoms with Gasteiger partial charge in [-0.2, -0.15) is 18.2 Å². The van der Waals surface area contributed by atoms with Crippen LogP contribution in [0.5, 0.6) is 0 Å². The molecular formula is C18H16ClF3N6. The largest absolute Gasteiger partial charge is 0.434 e. The van der Waals surface area contributed by atoms with E-state index in [0.717, 1.165) is 35.7 Å². The summed E-state index contributed by atoms with van der Waals surface area (Å²) in [6.45, 7) is 2.36. The zero-order valence-electron chi connectivity index (χ0n) is 14.8. The summed E-state index contributed by atoms with van der Waals surface area (Å²) in [6.07, 6.45) is -0.557. The van der Waals surface area contributed by atoms with Gasteiger partial charge in [-0.3, -0.25) is 0 Å². The van der Waals surface area contributed by atoms with E-state index in [0.29, 0.717) is 18.3 Å². The number of anilines is 1. The van der Waals surface area contributed by atoms with Crippen molar-refractivity contribution in [1.82, 2.24) is 24.5 Å². The number of alkyl halides is 3. The maximum absolute atomic E-state index is 13.1. The first-order valence-corrected chi connectivity index (χ1v) is 9.05. The van der Waals surface area contributed by atoms with Crippen molar-refractivity contribution < 1.29 is 13.2 Å². The quantitative estimate of drug-likeness (QED) is 0.689. The van der Waals surface area contributed by atoms with Crippen LogP contribution in [0.2, 0.25) is 5.28 Å². The molecule has 4 rings (SSSR count). The summed E-state index contributed by atoms with van der Waals surface area (Å²) in [7, 11) is 0. The van der Waals surface area contributed by atoms with Crippen LogP contribution in [0.4, 0.5) is 19.1 Å². The molecule has 6 nitrogen and oxygen atoms in total. The number of imidazole rings is 1. The Kier molecular flexibility index (Phi) is 4.70. The fourth-order valence-corrected chi connectivity index (χ4v) is 3.42. The van der Waals surface area contributed by atoms with Crippen LogP contribution >= 0.6 is 11.6 Å². The number of halogens is 4. The van der Waals surface area contributed by atoms with Crippen molar-refractivity contribution in [2.24, 2.45) is 0 Å². The molecule has 0 fully saturated rings. The number of hydrogen-bond acceptors (Lipinski definition) is 5. The van der Waals surface area contributed by atoms with Crippen LogP contribution in [0, 0.1) is 0 Å². The molecule has 0 aliphatic carbocycles. The Morgan fingerprint density at radius 1 is 1.25 bits per heavy atom. The van der Waals surface area contributed by atoms with Gasteiger partial charge in [0.1, 0.15) is 12.2 Å². The van der Waals surface area contributed by atoms with Gasteiger partial charge in [0, 0.05) is 24.3 Å². The fraction of sp³-hybridized carbons (Fsp3) is 0.333. The van der Waals surface area contributed by atoms with Gasteiger partial charge in [-0.05, 0) is 42.5 Å². The third kappa shape index (κ3) is 3.66. The van der Waals surface area contributed by atoms with Crippen molar-refractivity contribution in [3.8, 4) is 11.4 Å². The van der Waals surface area contributed by atoms with Crippen molar-refractivity contribution in [2.45, 2.75) is 38.5 Å². The molecule has 1 aliphatic heterocycles. The molecule has 1 unspecified atom stereocenters. The maximum Gasteiger partial charge on any atom is 0.434 e. The number of hydrogen-bond donors (Lipinski definition) is 1. The summed E-state index contributed by atoms with van der Waals surface area (Å²) < 4.78 is 41.0. The van der Waals surface area contributed by atoms with Gasteiger partial charge in [-0.15, -0.1) is 0 Å². The number of nitrogens with one attached hydrogen (secondary N) is 1. The second-order valence-corrected chi connectivity index (χ2v) is 7.00. The summed E-state index contributed by atoms with van der Waals surface area (Å²) in [5.74, 6) is 0.713. The lowest BCUT2D eigenvalue weighted by Crippen LogP contribution is -2.06. The Balaban J connectivity index is 1.63. The molecule has 10 heteroatoms. The Hall–Kier alpha value is -2.68. The van der Waals surface area contributed by atoms with E-state index in [-0.39, 0.29) is 11.3 Å². The van der Waals surface area contributed by atoms with Gasteiger partial charge in [0.2, 0.25) is 11.2 Å². The first kappa shape index (κ1) is 18.7. The predicted octanol–water partition coefficient (Wildman–Crippen LogP) is 4.53. The van der Waals surface area contributed by atoms with Gasteiger partial charge in [-0.1, -0.05) is 18.2 Å². The Labute approximate surface area is 163 Å². The highest BCUT2D eigenvalue weighted by atomic mass is 35.5. The zero-order chi connectivity index (χ0) is 19.9. The van der Waals surface area contributed by atoms with E-state index in [9.17, 15) is 13.2 Å². The lowest BCUT2D eigenvalue weighted by atomic mass is 9.99. The topological polar surface area (TPSA) is 68.5 Å². The van der Waals surface area contributed by atoms with E-state index in [1.165, 1.54) is 6.33 Å². The number of aryl methyl sites for hydroxylation is 1. The van der Waals surface area contributed by atoms with E-state index in [4.69, 9.17) is 11.6 Å². The Morgan fingerprint density at radius 3 is 2.82 bits per heavy atom. The molecular weight excluding hydrogens is 393 g/mol. The van der Waals surface area contributed by atoms with Crippen LogP contribution < -0.4 is 5.32 Å². The number of benzene rings is 1. The number of rotatable bonds is 3. The highest BCUT2D eigenvalue weighted by Gasteiger charge is 2.36. The molecule has 28 heavy (non-hydrogen) atoms. The minimum atomic E-state index is -4.46. The summed E-state index contributed by atoms with van der Waals surface area (Å²) in [5, 5.41) is 3.16. The van der Waals surface area contributed by atoms with Gasteiger partial charge >= 0.3 is 6.18 Å². The first-order chi connectivity index (χ1) is 13.3. The standard InChI is InChI=1S/C18H16ClF3N6/c1-10-2-4-12-6-11(7-23-17-25-9-24-16(19)27-17)3-5-13(12)15-26-14(8-28(10)15)18(20,21)22/h3,5-6,8-10H,2,4,7H2,1H3,(H,23,24,25,27). The molecule has 1 N–H and O–H groups in total. The van der Waals surface area contributed by atoms with Crippen LogP contribution in [0.1, 0.15) is 36.2 Å². The predicted molar refractivity (Wildman–Crippen MR) is 97.9 cm³/mol. The minimum absolute atomic E-state index is 0.0695. The Morgan fingerprint density at radius 2 is 2.07 bits per heavy atom. The second kappa shape index (κ2) is 7.05. The van der Waals surface area contributed by atoms with Gasteiger partial charge in [-0.25, -0.2) is 15.0 Å². The molecule has 0 saturated carbocycles. The molecule has 3 heterocycles. The van der Waals surface area contributed by atoms with Gasteiger partial charge in [0.15, 0.2) is 5.69 Å². The van der Waals surface area contributed by atoms with Crippen LogP contribution in [0.25, 0.3) is 11.4 Å². The van der Waals surface area contributed by atoms with E-state index in [1.54, 1.807) is 4.57 Å². The molecule has 146 valence electrons. The van der Waals surface area contributed by atoms with Gasteiger partial charge < -0.3 is 9.88 Å². The second-order valence-electron chi connectivity index (χ2n) is 6.67. The average molecular weight is 409 g/mol. The molecule has 2 aromatic heterocycles. The van der Waals surface area contributed by atoms with Crippen LogP contribution in [-0.2, 0) is 19.1 Å². The number of fused-ring (bicyclic) bond motifs is 3. The van der Waals surface area contributed by atoms with Crippen molar-refractivity contribution >= 4 is 17.5 Å². The SMILES string of the molecule is CC1CCc2cc(CNc3ncnc(Cl)n3)ccc2-c2nc(C(F)(F)F)cn21. The zero-order valence-corrected chi connectivity index (χ0v) is 15.6. The van der Waals surface area contributed by atoms with E-state index >= 15 is 0 Å². The molecule has 3 aromatic rings. The summed E-state index contributed by atoms with van der Waals surface area (Å²) in [5.41, 5.74) is 1.79. The van der Waals surface area contributed by atoms with Gasteiger partial charge in [0.25, 0.3) is 0 Å². The molecule has 0 radical (unpaired) electrons. The molecule has 0 bridgehead atoms. The van der Waals surface area contributed by atoms with E-state index in [1.807, 2.05) is 25.1 Å². The molecule has 0 saturated heterocycles. The van der Waals surface area contributed by atoms with Crippen molar-refractivity contribution in [1.29, 1.82) is 0 Å². The molecule has 1 aromatic carbocycles. The van der Waals surface area contributed by atoms with E-state index in [2.05, 4.69) is 25.3 Å². The number of aromatic nitrogens is 5. The maximum atomic E-state index is 13.1. The summed E-state index contributed by atoms with van der Waals surface area (Å²) in [4.78, 5) is 15.6. The molecule has 0 amide bonds. The lowest BCUT2D eigenvalue weighted by Gasteiger charge is -2.12. The van der Waals surface area contributed by atoms with Crippen molar-refractivity contribution in [2.75, 3.05) is 5.32 Å². The first-order valence-electron chi connectivity index (χ1n) is 8.68. The summed E-state index contributed by atoms with van der Waals surface area (Å²) >= 11 is 5.74. The van der Waals surface area contributed by atoms with Crippen molar-refractivity contribution in [3.05, 3.63) is 52.8 Å². The Bertz CT molecular complexity index is 1020. The third-order valence-corrected chi connectivity index (χ3v) is 4.91. The highest BCUT2D eigenvalue weighted by Crippen LogP contribution is 2.37. The van der Waals surface area contributed by atoms with Crippen molar-refractivity contribution in [3.63, 3.8) is 0 Å². The van der Waals surface area contributed by atoms with Crippen LogP contribution in [0.15, 0.2) is 30.7 Å². The lowest BCUT2D eigenvalue weighted by molar-refractivity contribution is -0.140. The molecule has 0 spiro atoms. The molecule has 1 aliphatic rings. The normalized spacial score (nSPS) is 16.2. The van der Waals surface area contributed by atoms with Crippen LogP contribution in [-0.4, -0.2) is 24.5 Å². The van der Waals surface area contributed by atoms with Crippen LogP contribution in [0.3, 0.4) is 0 Å². The third-order valence-electron chi connectivity index (χ3n) is 4.73. The fourth-order valence-electron chi connectivity index (χ4n) is 3.29. The summed E-state index contributed by atoms with van der Waals surface area (Å²) in [6, 6.07) is 5.59.